The van der Waals surface area contributed by atoms with Gasteiger partial charge in [0.2, 0.25) is 0 Å². The fraction of sp³-hybridized carbons (Fsp3) is 0. The summed E-state index contributed by atoms with van der Waals surface area (Å²) < 4.78 is 2.04. The molecule has 39 heavy (non-hydrogen) atoms. The monoisotopic (exact) mass is 501 g/mol. The van der Waals surface area contributed by atoms with E-state index in [4.69, 9.17) is 19.9 Å². The van der Waals surface area contributed by atoms with Gasteiger partial charge in [-0.05, 0) is 29.3 Å². The normalized spacial score (nSPS) is 11.1. The van der Waals surface area contributed by atoms with Gasteiger partial charge in [-0.2, -0.15) is 0 Å². The summed E-state index contributed by atoms with van der Waals surface area (Å²) in [7, 11) is 0. The zero-order chi connectivity index (χ0) is 26.0. The maximum atomic E-state index is 4.88. The van der Waals surface area contributed by atoms with E-state index in [0.717, 1.165) is 44.7 Å². The Morgan fingerprint density at radius 1 is 0.385 bits per heavy atom. The molecule has 0 aliphatic rings. The quantitative estimate of drug-likeness (QED) is 0.241. The van der Waals surface area contributed by atoms with Gasteiger partial charge < -0.3 is 4.40 Å². The van der Waals surface area contributed by atoms with Crippen molar-refractivity contribution in [3.05, 3.63) is 140 Å². The SMILES string of the molecule is c1ccc(-c2nc(-c3ccccc3)nc(-c3cccc(-c4ccc(-c5cn6ccccc6n5)cc4)c3)n2)cc1. The van der Waals surface area contributed by atoms with Crippen molar-refractivity contribution < 1.29 is 0 Å². The molecule has 0 N–H and O–H groups in total. The molecule has 0 aliphatic heterocycles. The third kappa shape index (κ3) is 4.58. The first-order valence-electron chi connectivity index (χ1n) is 12.8. The molecule has 5 heteroatoms. The molecule has 0 saturated carbocycles. The average Bonchev–Trinajstić information content (AvgIpc) is 3.46. The largest absolute Gasteiger partial charge is 0.306 e. The van der Waals surface area contributed by atoms with Gasteiger partial charge in [0.1, 0.15) is 5.65 Å². The molecule has 7 aromatic rings. The molecule has 184 valence electrons. The summed E-state index contributed by atoms with van der Waals surface area (Å²) in [6.45, 7) is 0. The first kappa shape index (κ1) is 22.8. The summed E-state index contributed by atoms with van der Waals surface area (Å²) in [5.41, 5.74) is 8.03. The number of hydrogen-bond donors (Lipinski definition) is 0. The van der Waals surface area contributed by atoms with Crippen LogP contribution in [0.3, 0.4) is 0 Å². The van der Waals surface area contributed by atoms with Gasteiger partial charge in [0.15, 0.2) is 17.5 Å². The van der Waals surface area contributed by atoms with Crippen LogP contribution in [0.15, 0.2) is 140 Å². The van der Waals surface area contributed by atoms with Gasteiger partial charge in [0.25, 0.3) is 0 Å². The maximum absolute atomic E-state index is 4.88. The Kier molecular flexibility index (Phi) is 5.72. The van der Waals surface area contributed by atoms with Gasteiger partial charge in [0.05, 0.1) is 5.69 Å². The molecular weight excluding hydrogens is 478 g/mol. The molecule has 0 fully saturated rings. The molecule has 3 aromatic heterocycles. The molecule has 0 amide bonds. The Hall–Kier alpha value is -5.42. The zero-order valence-corrected chi connectivity index (χ0v) is 21.0. The first-order valence-corrected chi connectivity index (χ1v) is 12.8. The van der Waals surface area contributed by atoms with Crippen molar-refractivity contribution in [1.82, 2.24) is 24.3 Å². The van der Waals surface area contributed by atoms with E-state index in [-0.39, 0.29) is 0 Å². The maximum Gasteiger partial charge on any atom is 0.164 e. The summed E-state index contributed by atoms with van der Waals surface area (Å²) in [4.78, 5) is 19.3. The van der Waals surface area contributed by atoms with Crippen molar-refractivity contribution in [2.75, 3.05) is 0 Å². The van der Waals surface area contributed by atoms with Crippen LogP contribution < -0.4 is 0 Å². The number of nitrogens with zero attached hydrogens (tertiary/aromatic N) is 5. The number of benzene rings is 4. The van der Waals surface area contributed by atoms with Crippen molar-refractivity contribution >= 4 is 5.65 Å². The molecule has 3 heterocycles. The van der Waals surface area contributed by atoms with Crippen molar-refractivity contribution in [1.29, 1.82) is 0 Å². The Bertz CT molecular complexity index is 1800. The second-order valence-electron chi connectivity index (χ2n) is 9.29. The molecule has 0 bridgehead atoms. The topological polar surface area (TPSA) is 56.0 Å². The van der Waals surface area contributed by atoms with E-state index in [2.05, 4.69) is 48.7 Å². The van der Waals surface area contributed by atoms with Crippen LogP contribution in [0.1, 0.15) is 0 Å². The van der Waals surface area contributed by atoms with Gasteiger partial charge in [-0.3, -0.25) is 0 Å². The number of hydrogen-bond acceptors (Lipinski definition) is 4. The predicted molar refractivity (Wildman–Crippen MR) is 156 cm³/mol. The van der Waals surface area contributed by atoms with Gasteiger partial charge >= 0.3 is 0 Å². The number of imidazole rings is 1. The number of rotatable bonds is 5. The molecule has 0 saturated heterocycles. The minimum Gasteiger partial charge on any atom is -0.306 e. The van der Waals surface area contributed by atoms with Crippen LogP contribution in [-0.4, -0.2) is 24.3 Å². The van der Waals surface area contributed by atoms with E-state index in [1.54, 1.807) is 0 Å². The Labute approximate surface area is 226 Å². The Balaban J connectivity index is 1.26. The highest BCUT2D eigenvalue weighted by Crippen LogP contribution is 2.29. The minimum absolute atomic E-state index is 0.644. The fourth-order valence-electron chi connectivity index (χ4n) is 4.68. The third-order valence-corrected chi connectivity index (χ3v) is 6.70. The van der Waals surface area contributed by atoms with Gasteiger partial charge in [0, 0.05) is 34.6 Å². The minimum atomic E-state index is 0.644. The average molecular weight is 502 g/mol. The van der Waals surface area contributed by atoms with E-state index in [9.17, 15) is 0 Å². The van der Waals surface area contributed by atoms with Crippen LogP contribution in [0, 0.1) is 0 Å². The molecule has 7 rings (SSSR count). The first-order chi connectivity index (χ1) is 19.3. The van der Waals surface area contributed by atoms with Crippen LogP contribution in [0.4, 0.5) is 0 Å². The summed E-state index contributed by atoms with van der Waals surface area (Å²) in [6, 6.07) is 42.9. The van der Waals surface area contributed by atoms with Crippen molar-refractivity contribution in [3.8, 4) is 56.5 Å². The van der Waals surface area contributed by atoms with Crippen molar-refractivity contribution in [2.24, 2.45) is 0 Å². The lowest BCUT2D eigenvalue weighted by Gasteiger charge is -2.10. The van der Waals surface area contributed by atoms with E-state index in [1.165, 1.54) is 0 Å². The van der Waals surface area contributed by atoms with Gasteiger partial charge in [-0.15, -0.1) is 0 Å². The standard InChI is InChI=1S/C34H23N5/c1-3-10-26(11-4-1)32-36-33(27-12-5-2-6-13-27)38-34(37-32)29-15-9-14-28(22-29)24-17-19-25(20-18-24)30-23-39-21-8-7-16-31(39)35-30/h1-23H. The van der Waals surface area contributed by atoms with Crippen molar-refractivity contribution in [2.45, 2.75) is 0 Å². The summed E-state index contributed by atoms with van der Waals surface area (Å²) >= 11 is 0. The van der Waals surface area contributed by atoms with Gasteiger partial charge in [-0.1, -0.05) is 109 Å². The number of pyridine rings is 1. The Morgan fingerprint density at radius 3 is 1.56 bits per heavy atom. The fourth-order valence-corrected chi connectivity index (χ4v) is 4.68. The van der Waals surface area contributed by atoms with E-state index in [1.807, 2.05) is 95.5 Å². The molecule has 0 aliphatic carbocycles. The second-order valence-corrected chi connectivity index (χ2v) is 9.29. The summed E-state index contributed by atoms with van der Waals surface area (Å²) in [5.74, 6) is 1.95. The molecule has 5 nitrogen and oxygen atoms in total. The van der Waals surface area contributed by atoms with E-state index in [0.29, 0.717) is 17.5 Å². The van der Waals surface area contributed by atoms with E-state index >= 15 is 0 Å². The van der Waals surface area contributed by atoms with Crippen LogP contribution in [-0.2, 0) is 0 Å². The van der Waals surface area contributed by atoms with Crippen LogP contribution in [0.2, 0.25) is 0 Å². The highest BCUT2D eigenvalue weighted by Gasteiger charge is 2.13. The lowest BCUT2D eigenvalue weighted by molar-refractivity contribution is 1.07. The summed E-state index contributed by atoms with van der Waals surface area (Å²) in [6.07, 6.45) is 4.07. The molecule has 0 atom stereocenters. The highest BCUT2D eigenvalue weighted by atomic mass is 15.0. The predicted octanol–water partition coefficient (Wildman–Crippen LogP) is 7.85. The van der Waals surface area contributed by atoms with Crippen LogP contribution in [0.5, 0.6) is 0 Å². The van der Waals surface area contributed by atoms with Crippen molar-refractivity contribution in [3.63, 3.8) is 0 Å². The molecule has 0 spiro atoms. The number of fused-ring (bicyclic) bond motifs is 1. The molecule has 0 unspecified atom stereocenters. The number of aromatic nitrogens is 5. The summed E-state index contributed by atoms with van der Waals surface area (Å²) in [5, 5.41) is 0. The molecule has 0 radical (unpaired) electrons. The zero-order valence-electron chi connectivity index (χ0n) is 21.0. The molecule has 4 aromatic carbocycles. The third-order valence-electron chi connectivity index (χ3n) is 6.70. The second kappa shape index (κ2) is 9.80. The lowest BCUT2D eigenvalue weighted by Crippen LogP contribution is -2.00. The molecular formula is C34H23N5. The van der Waals surface area contributed by atoms with Gasteiger partial charge in [-0.25, -0.2) is 19.9 Å². The highest BCUT2D eigenvalue weighted by molar-refractivity contribution is 5.74. The van der Waals surface area contributed by atoms with Crippen LogP contribution >= 0.6 is 0 Å². The Morgan fingerprint density at radius 2 is 0.923 bits per heavy atom. The smallest absolute Gasteiger partial charge is 0.164 e. The van der Waals surface area contributed by atoms with Crippen LogP contribution in [0.25, 0.3) is 62.2 Å². The van der Waals surface area contributed by atoms with E-state index < -0.39 is 0 Å². The lowest BCUT2D eigenvalue weighted by atomic mass is 10.0.